The number of hydrogen-bond acceptors (Lipinski definition) is 3. The maximum Gasteiger partial charge on any atom is 0.262 e. The number of carbonyl (C=O) groups is 1. The first-order chi connectivity index (χ1) is 15.5. The minimum Gasteiger partial charge on any atom is -0.471 e. The fourth-order valence-corrected chi connectivity index (χ4v) is 3.09. The zero-order valence-corrected chi connectivity index (χ0v) is 17.4. The third kappa shape index (κ3) is 5.37. The van der Waals surface area contributed by atoms with Crippen LogP contribution in [0.25, 0.3) is 0 Å². The lowest BCUT2D eigenvalue weighted by Crippen LogP contribution is -2.12. The van der Waals surface area contributed by atoms with Gasteiger partial charge in [-0.3, -0.25) is 9.48 Å². The Morgan fingerprint density at radius 2 is 1.50 bits per heavy atom. The van der Waals surface area contributed by atoms with Crippen molar-refractivity contribution in [2.45, 2.75) is 20.1 Å². The molecular formula is C25H21F2N3O2. The van der Waals surface area contributed by atoms with E-state index in [9.17, 15) is 13.6 Å². The number of hydrogen-bond donors (Lipinski definition) is 1. The molecule has 0 radical (unpaired) electrons. The Morgan fingerprint density at radius 1 is 0.906 bits per heavy atom. The Kier molecular flexibility index (Phi) is 6.26. The van der Waals surface area contributed by atoms with Crippen molar-refractivity contribution < 1.29 is 18.3 Å². The molecule has 1 N–H and O–H groups in total. The monoisotopic (exact) mass is 433 g/mol. The van der Waals surface area contributed by atoms with Crippen molar-refractivity contribution in [2.75, 3.05) is 5.32 Å². The number of halogens is 2. The maximum absolute atomic E-state index is 13.2. The smallest absolute Gasteiger partial charge is 0.262 e. The van der Waals surface area contributed by atoms with Crippen LogP contribution in [0.1, 0.15) is 27.0 Å². The third-order valence-corrected chi connectivity index (χ3v) is 4.83. The predicted octanol–water partition coefficient (Wildman–Crippen LogP) is 5.35. The Hall–Kier alpha value is -4.00. The molecule has 0 saturated heterocycles. The summed E-state index contributed by atoms with van der Waals surface area (Å²) in [6.45, 7) is 2.43. The van der Waals surface area contributed by atoms with Crippen LogP contribution >= 0.6 is 0 Å². The van der Waals surface area contributed by atoms with Crippen molar-refractivity contribution in [3.63, 3.8) is 0 Å². The van der Waals surface area contributed by atoms with Crippen molar-refractivity contribution in [3.8, 4) is 5.88 Å². The lowest BCUT2D eigenvalue weighted by Gasteiger charge is -2.07. The quantitative estimate of drug-likeness (QED) is 0.428. The van der Waals surface area contributed by atoms with Crippen LogP contribution in [0.4, 0.5) is 14.5 Å². The highest BCUT2D eigenvalue weighted by molar-refractivity contribution is 6.05. The number of carbonyl (C=O) groups excluding carboxylic acids is 1. The lowest BCUT2D eigenvalue weighted by molar-refractivity contribution is 0.102. The molecule has 1 aromatic heterocycles. The van der Waals surface area contributed by atoms with Gasteiger partial charge in [0.2, 0.25) is 5.88 Å². The van der Waals surface area contributed by atoms with E-state index in [2.05, 4.69) is 10.4 Å². The van der Waals surface area contributed by atoms with Gasteiger partial charge in [-0.05, 0) is 54.4 Å². The Labute approximate surface area is 184 Å². The standard InChI is InChI=1S/C25H21F2N3O2/c1-17-2-12-22(13-3-17)28-24(31)23-15-30(14-18-4-8-20(26)9-5-18)29-25(23)32-16-19-6-10-21(27)11-7-19/h2-13,15H,14,16H2,1H3,(H,28,31). The van der Waals surface area contributed by atoms with Gasteiger partial charge in [-0.25, -0.2) is 8.78 Å². The summed E-state index contributed by atoms with van der Waals surface area (Å²) >= 11 is 0. The molecule has 0 fully saturated rings. The summed E-state index contributed by atoms with van der Waals surface area (Å²) in [6.07, 6.45) is 1.59. The van der Waals surface area contributed by atoms with Crippen molar-refractivity contribution in [1.29, 1.82) is 0 Å². The fraction of sp³-hybridized carbons (Fsp3) is 0.120. The first-order valence-electron chi connectivity index (χ1n) is 10.0. The zero-order chi connectivity index (χ0) is 22.5. The molecule has 1 amide bonds. The predicted molar refractivity (Wildman–Crippen MR) is 118 cm³/mol. The molecule has 32 heavy (non-hydrogen) atoms. The van der Waals surface area contributed by atoms with Crippen LogP contribution in [0.3, 0.4) is 0 Å². The molecule has 0 aliphatic carbocycles. The van der Waals surface area contributed by atoms with E-state index in [-0.39, 0.29) is 35.6 Å². The van der Waals surface area contributed by atoms with Crippen molar-refractivity contribution in [2.24, 2.45) is 0 Å². The second kappa shape index (κ2) is 9.43. The normalized spacial score (nSPS) is 10.7. The van der Waals surface area contributed by atoms with E-state index in [4.69, 9.17) is 4.74 Å². The van der Waals surface area contributed by atoms with Crippen LogP contribution in [-0.4, -0.2) is 15.7 Å². The number of nitrogens with one attached hydrogen (secondary N) is 1. The molecule has 0 aliphatic rings. The highest BCUT2D eigenvalue weighted by Gasteiger charge is 2.19. The molecule has 0 spiro atoms. The molecule has 4 rings (SSSR count). The Bertz CT molecular complexity index is 1200. The van der Waals surface area contributed by atoms with E-state index in [1.807, 2.05) is 31.2 Å². The number of rotatable bonds is 7. The summed E-state index contributed by atoms with van der Waals surface area (Å²) in [6, 6.07) is 19.4. The Balaban J connectivity index is 1.56. The minimum atomic E-state index is -0.367. The molecular weight excluding hydrogens is 412 g/mol. The van der Waals surface area contributed by atoms with Crippen LogP contribution in [0.15, 0.2) is 79.0 Å². The SMILES string of the molecule is Cc1ccc(NC(=O)c2cn(Cc3ccc(F)cc3)nc2OCc2ccc(F)cc2)cc1. The van der Waals surface area contributed by atoms with Crippen LogP contribution < -0.4 is 10.1 Å². The molecule has 0 atom stereocenters. The van der Waals surface area contributed by atoms with E-state index in [0.717, 1.165) is 16.7 Å². The second-order valence-corrected chi connectivity index (χ2v) is 7.41. The van der Waals surface area contributed by atoms with Gasteiger partial charge in [0, 0.05) is 11.9 Å². The fourth-order valence-electron chi connectivity index (χ4n) is 3.09. The summed E-state index contributed by atoms with van der Waals surface area (Å²) in [5.74, 6) is -0.874. The molecule has 0 bridgehead atoms. The lowest BCUT2D eigenvalue weighted by atomic mass is 10.2. The molecule has 4 aromatic rings. The summed E-state index contributed by atoms with van der Waals surface area (Å²) in [5, 5.41) is 7.25. The number of aromatic nitrogens is 2. The number of ether oxygens (including phenoxy) is 1. The minimum absolute atomic E-state index is 0.124. The average Bonchev–Trinajstić information content (AvgIpc) is 3.19. The third-order valence-electron chi connectivity index (χ3n) is 4.83. The van der Waals surface area contributed by atoms with Gasteiger partial charge in [-0.2, -0.15) is 0 Å². The van der Waals surface area contributed by atoms with Crippen molar-refractivity contribution >= 4 is 11.6 Å². The summed E-state index contributed by atoms with van der Waals surface area (Å²) < 4.78 is 33.7. The molecule has 7 heteroatoms. The van der Waals surface area contributed by atoms with E-state index >= 15 is 0 Å². The molecule has 3 aromatic carbocycles. The van der Waals surface area contributed by atoms with Crippen molar-refractivity contribution in [1.82, 2.24) is 9.78 Å². The van der Waals surface area contributed by atoms with Gasteiger partial charge < -0.3 is 10.1 Å². The Morgan fingerprint density at radius 3 is 2.12 bits per heavy atom. The van der Waals surface area contributed by atoms with Gasteiger partial charge in [0.15, 0.2) is 0 Å². The van der Waals surface area contributed by atoms with Crippen LogP contribution in [0, 0.1) is 18.6 Å². The van der Waals surface area contributed by atoms with Crippen LogP contribution in [0.2, 0.25) is 0 Å². The topological polar surface area (TPSA) is 56.2 Å². The second-order valence-electron chi connectivity index (χ2n) is 7.41. The largest absolute Gasteiger partial charge is 0.471 e. The average molecular weight is 433 g/mol. The number of nitrogens with zero attached hydrogens (tertiary/aromatic N) is 2. The van der Waals surface area contributed by atoms with Gasteiger partial charge >= 0.3 is 0 Å². The number of amides is 1. The summed E-state index contributed by atoms with van der Waals surface area (Å²) in [4.78, 5) is 12.9. The van der Waals surface area contributed by atoms with Gasteiger partial charge in [0.05, 0.1) is 6.54 Å². The first kappa shape index (κ1) is 21.2. The maximum atomic E-state index is 13.2. The first-order valence-corrected chi connectivity index (χ1v) is 10.0. The van der Waals surface area contributed by atoms with Gasteiger partial charge in [0.1, 0.15) is 23.8 Å². The molecule has 0 unspecified atom stereocenters. The van der Waals surface area contributed by atoms with Crippen molar-refractivity contribution in [3.05, 3.63) is 113 Å². The number of anilines is 1. The van der Waals surface area contributed by atoms with Crippen LogP contribution in [0.5, 0.6) is 5.88 Å². The molecule has 162 valence electrons. The molecule has 1 heterocycles. The van der Waals surface area contributed by atoms with E-state index < -0.39 is 0 Å². The van der Waals surface area contributed by atoms with Crippen LogP contribution in [-0.2, 0) is 13.2 Å². The zero-order valence-electron chi connectivity index (χ0n) is 17.4. The van der Waals surface area contributed by atoms with E-state index in [1.54, 1.807) is 35.1 Å². The van der Waals surface area contributed by atoms with E-state index in [1.165, 1.54) is 24.3 Å². The number of benzene rings is 3. The van der Waals surface area contributed by atoms with Gasteiger partial charge in [0.25, 0.3) is 5.91 Å². The summed E-state index contributed by atoms with van der Waals surface area (Å²) in [7, 11) is 0. The highest BCUT2D eigenvalue weighted by atomic mass is 19.1. The summed E-state index contributed by atoms with van der Waals surface area (Å²) in [5.41, 5.74) is 3.55. The molecule has 0 saturated carbocycles. The molecule has 5 nitrogen and oxygen atoms in total. The van der Waals surface area contributed by atoms with Gasteiger partial charge in [-0.15, -0.1) is 5.10 Å². The van der Waals surface area contributed by atoms with E-state index in [0.29, 0.717) is 12.2 Å². The highest BCUT2D eigenvalue weighted by Crippen LogP contribution is 2.21. The van der Waals surface area contributed by atoms with Gasteiger partial charge in [-0.1, -0.05) is 42.0 Å². The number of aryl methyl sites for hydroxylation is 1. The molecule has 0 aliphatic heterocycles.